The third-order valence-electron chi connectivity index (χ3n) is 0. The summed E-state index contributed by atoms with van der Waals surface area (Å²) in [5.74, 6) is 0. The molecule has 44 heteroatoms. The molecule has 0 saturated carbocycles. The predicted octanol–water partition coefficient (Wildman–Crippen LogP) is -9.23. The van der Waals surface area contributed by atoms with Gasteiger partial charge in [0.2, 0.25) is 0 Å². The molecule has 0 saturated heterocycles. The predicted molar refractivity (Wildman–Crippen MR) is 273 cm³/mol. The van der Waals surface area contributed by atoms with Gasteiger partial charge < -0.3 is 176 Å². The molecule has 0 atom stereocenters. The Labute approximate surface area is 767 Å². The standard InChI is InChI=1S/17C3H7O.ClH.Mg.14O.11Ti/c17*1-3(2)4;;;;;;;;;;;;;;;;;;;;;;;;;;;/h17*3H,1-2H3;1H;;;;;;;;;;;;;;;;;;;;;;;;;;/q17*-1;;+2;14*-2;11*+4/p-1. The van der Waals surface area contributed by atoms with Crippen molar-refractivity contribution in [1.82, 2.24) is 0 Å². The van der Waals surface area contributed by atoms with Crippen LogP contribution in [0.1, 0.15) is 235 Å². The summed E-state index contributed by atoms with van der Waals surface area (Å²) in [6.45, 7) is 54.8. The summed E-state index contributed by atoms with van der Waals surface area (Å²) in [5, 5.41) is 162. The maximum Gasteiger partial charge on any atom is 4.00 e. The minimum Gasteiger partial charge on any atom is -2.00 e. The molecule has 0 aromatic heterocycles. The van der Waals surface area contributed by atoms with Crippen molar-refractivity contribution >= 4 is 23.1 Å². The summed E-state index contributed by atoms with van der Waals surface area (Å²) < 4.78 is 0. The van der Waals surface area contributed by atoms with Crippen LogP contribution in [0.4, 0.5) is 0 Å². The first-order valence-corrected chi connectivity index (χ1v) is 23.6. The van der Waals surface area contributed by atoms with E-state index < -0.39 is 104 Å². The Hall–Kier alpha value is 7.67. The Balaban J connectivity index is -0.00000000681. The van der Waals surface area contributed by atoms with Gasteiger partial charge in [-0.2, -0.15) is 0 Å². The van der Waals surface area contributed by atoms with Gasteiger partial charge in [0.15, 0.2) is 0 Å². The van der Waals surface area contributed by atoms with Crippen LogP contribution in [0.15, 0.2) is 0 Å². The Bertz CT molecular complexity index is 433. The number of hydrogen-bond donors (Lipinski definition) is 0. The second-order valence-electron chi connectivity index (χ2n) is 17.8. The van der Waals surface area contributed by atoms with Crippen molar-refractivity contribution in [1.29, 1.82) is 0 Å². The summed E-state index contributed by atoms with van der Waals surface area (Å²) >= 11 is 0. The Morgan fingerprint density at radius 2 is 0.105 bits per heavy atom. The monoisotopic (exact) mass is 1810 g/mol. The van der Waals surface area contributed by atoms with Crippen molar-refractivity contribution in [2.24, 2.45) is 0 Å². The van der Waals surface area contributed by atoms with Crippen molar-refractivity contribution in [3.05, 3.63) is 0 Å². The van der Waals surface area contributed by atoms with Crippen LogP contribution < -0.4 is 99.2 Å². The van der Waals surface area contributed by atoms with E-state index in [-0.39, 0.29) is 351 Å². The maximum atomic E-state index is 9.53. The van der Waals surface area contributed by atoms with Crippen molar-refractivity contribution in [3.8, 4) is 0 Å². The topological polar surface area (TPSA) is 791 Å². The maximum absolute atomic E-state index is 9.53. The molecule has 0 aromatic rings. The number of hydrogen-bond acceptors (Lipinski definition) is 17. The van der Waals surface area contributed by atoms with Crippen LogP contribution in [0.5, 0.6) is 0 Å². The van der Waals surface area contributed by atoms with Gasteiger partial charge in [-0.05, 0) is 0 Å². The van der Waals surface area contributed by atoms with Gasteiger partial charge in [0.25, 0.3) is 0 Å². The molecule has 0 radical (unpaired) electrons. The first kappa shape index (κ1) is 308. The van der Waals surface area contributed by atoms with Gasteiger partial charge in [0, 0.05) is 0 Å². The Kier molecular flexibility index (Phi) is 971. The third-order valence-corrected chi connectivity index (χ3v) is 0. The first-order chi connectivity index (χ1) is 29.4. The van der Waals surface area contributed by atoms with Gasteiger partial charge in [-0.25, -0.2) is 0 Å². The van der Waals surface area contributed by atoms with Crippen LogP contribution in [0.3, 0.4) is 0 Å². The van der Waals surface area contributed by atoms with Gasteiger partial charge in [0.1, 0.15) is 0 Å². The van der Waals surface area contributed by atoms with Crippen molar-refractivity contribution in [3.63, 3.8) is 0 Å². The van der Waals surface area contributed by atoms with E-state index in [4.69, 9.17) is 0 Å². The van der Waals surface area contributed by atoms with Gasteiger partial charge >= 0.3 is 262 Å². The molecule has 0 aliphatic rings. The van der Waals surface area contributed by atoms with E-state index in [1.165, 1.54) is 0 Å². The zero-order valence-electron chi connectivity index (χ0n) is 63.1. The van der Waals surface area contributed by atoms with Gasteiger partial charge in [-0.15, -0.1) is 104 Å². The molecule has 0 fully saturated rings. The smallest absolute Gasteiger partial charge is 2.00 e. The molecule has 0 aliphatic heterocycles. The summed E-state index contributed by atoms with van der Waals surface area (Å²) in [6.07, 6.45) is -7.08. The van der Waals surface area contributed by atoms with E-state index >= 15 is 0 Å². The molecule has 0 unspecified atom stereocenters. The zero-order chi connectivity index (χ0) is 60.8. The van der Waals surface area contributed by atoms with E-state index in [0.29, 0.717) is 0 Å². The largest absolute Gasteiger partial charge is 4.00 e. The molecule has 31 nitrogen and oxygen atoms in total. The summed E-state index contributed by atoms with van der Waals surface area (Å²) in [4.78, 5) is 0. The quantitative estimate of drug-likeness (QED) is 0.203. The fourth-order valence-electron chi connectivity index (χ4n) is 0. The van der Waals surface area contributed by atoms with E-state index in [1.54, 1.807) is 235 Å². The third kappa shape index (κ3) is 17200. The molecular weight excluding hydrogens is 1690 g/mol. The van der Waals surface area contributed by atoms with Crippen LogP contribution in [-0.4, -0.2) is 127 Å². The van der Waals surface area contributed by atoms with E-state index in [1.807, 2.05) is 0 Å². The van der Waals surface area contributed by atoms with E-state index in [9.17, 15) is 86.8 Å². The molecule has 0 aliphatic carbocycles. The van der Waals surface area contributed by atoms with Crippen LogP contribution in [-0.2, 0) is 316 Å². The molecule has 0 rings (SSSR count). The SMILES string of the molecule is CC(C)[O-].CC(C)[O-].CC(C)[O-].CC(C)[O-].CC(C)[O-].CC(C)[O-].CC(C)[O-].CC(C)[O-].CC(C)[O-].CC(C)[O-].CC(C)[O-].CC(C)[O-].CC(C)[O-].CC(C)[O-].CC(C)[O-].CC(C)[O-].CC(C)[O-].[Cl-].[Mg+2].[O-2].[O-2].[O-2].[O-2].[O-2].[O-2].[O-2].[O-2].[O-2].[O-2].[O-2].[O-2].[O-2].[O-2].[Ti+4].[Ti+4].[Ti+4].[Ti+4].[Ti+4].[Ti+4].[Ti+4].[Ti+4].[Ti+4].[Ti+4].[Ti+4]. The molecule has 0 spiro atoms. The fraction of sp³-hybridized carbons (Fsp3) is 1.00. The number of halogens is 1. The molecule has 0 bridgehead atoms. The first-order valence-electron chi connectivity index (χ1n) is 23.6. The molecule has 0 heterocycles. The van der Waals surface area contributed by atoms with Gasteiger partial charge in [-0.1, -0.05) is 235 Å². The van der Waals surface area contributed by atoms with Crippen molar-refractivity contribution in [2.75, 3.05) is 0 Å². The minimum absolute atomic E-state index is 0. The molecular formula is C51H119ClMgO31Ti11. The molecule has 0 N–H and O–H groups in total. The second kappa shape index (κ2) is 299. The zero-order valence-corrected chi connectivity index (χ0v) is 82.4. The van der Waals surface area contributed by atoms with Crippen molar-refractivity contribution in [2.45, 2.75) is 339 Å². The fourth-order valence-corrected chi connectivity index (χ4v) is 0. The van der Waals surface area contributed by atoms with Crippen LogP contribution in [0, 0.1) is 0 Å². The Morgan fingerprint density at radius 1 is 0.105 bits per heavy atom. The summed E-state index contributed by atoms with van der Waals surface area (Å²) in [6, 6.07) is 0. The normalized spacial score (nSPS) is 6.44. The molecule has 95 heavy (non-hydrogen) atoms. The van der Waals surface area contributed by atoms with Crippen LogP contribution >= 0.6 is 0 Å². The van der Waals surface area contributed by atoms with Gasteiger partial charge in [0.05, 0.1) is 0 Å². The average molecular weight is 1810 g/mol. The van der Waals surface area contributed by atoms with E-state index in [2.05, 4.69) is 0 Å². The van der Waals surface area contributed by atoms with E-state index in [0.717, 1.165) is 0 Å². The van der Waals surface area contributed by atoms with Crippen LogP contribution in [0.25, 0.3) is 0 Å². The number of rotatable bonds is 0. The van der Waals surface area contributed by atoms with Crippen molar-refractivity contribution < 1.29 is 415 Å². The molecule has 562 valence electrons. The summed E-state index contributed by atoms with van der Waals surface area (Å²) in [5.41, 5.74) is 0. The second-order valence-corrected chi connectivity index (χ2v) is 17.8. The molecule has 0 aromatic carbocycles. The molecule has 0 amide bonds. The average Bonchev–Trinajstić information content (AvgIpc) is 2.87. The minimum atomic E-state index is -0.417. The summed E-state index contributed by atoms with van der Waals surface area (Å²) in [7, 11) is 0. The Morgan fingerprint density at radius 3 is 0.105 bits per heavy atom. The van der Waals surface area contributed by atoms with Crippen LogP contribution in [0.2, 0.25) is 0 Å². The van der Waals surface area contributed by atoms with Gasteiger partial charge in [-0.3, -0.25) is 0 Å².